The molecule has 76 valence electrons. The predicted octanol–water partition coefficient (Wildman–Crippen LogP) is 2.23. The fraction of sp³-hybridized carbons (Fsp3) is 0.0909. The molecule has 0 amide bonds. The summed E-state index contributed by atoms with van der Waals surface area (Å²) >= 11 is 0. The van der Waals surface area contributed by atoms with E-state index in [2.05, 4.69) is 4.98 Å². The van der Waals surface area contributed by atoms with Crippen LogP contribution >= 0.6 is 0 Å². The number of carboxylic acids is 1. The third-order valence-corrected chi connectivity index (χ3v) is 1.93. The lowest BCUT2D eigenvalue weighted by molar-refractivity contribution is -0.131. The number of carbonyl (C=O) groups is 1. The van der Waals surface area contributed by atoms with Gasteiger partial charge in [-0.25, -0.2) is 9.78 Å². The predicted molar refractivity (Wildman–Crippen MR) is 55.4 cm³/mol. The molecule has 0 saturated heterocycles. The Balaban J connectivity index is 2.43. The normalized spacial score (nSPS) is 11.3. The molecule has 2 aromatic rings. The van der Waals surface area contributed by atoms with Crippen LogP contribution in [0.5, 0.6) is 0 Å². The smallest absolute Gasteiger partial charge is 0.328 e. The minimum absolute atomic E-state index is 0.304. The summed E-state index contributed by atoms with van der Waals surface area (Å²) in [6.07, 6.45) is 2.33. The molecule has 1 aromatic heterocycles. The van der Waals surface area contributed by atoms with Crippen LogP contribution in [-0.2, 0) is 4.79 Å². The zero-order chi connectivity index (χ0) is 10.8. The first-order valence-electron chi connectivity index (χ1n) is 4.43. The van der Waals surface area contributed by atoms with Gasteiger partial charge < -0.3 is 9.52 Å². The number of aromatic nitrogens is 1. The molecule has 1 N–H and O–H groups in total. The van der Waals surface area contributed by atoms with E-state index in [1.54, 1.807) is 0 Å². The SMILES string of the molecule is Cc1ccc2nc(/C=C\C(=O)O)oc2c1. The van der Waals surface area contributed by atoms with E-state index in [9.17, 15) is 4.79 Å². The summed E-state index contributed by atoms with van der Waals surface area (Å²) in [6.45, 7) is 1.95. The van der Waals surface area contributed by atoms with Crippen molar-refractivity contribution in [2.75, 3.05) is 0 Å². The molecule has 0 spiro atoms. The van der Waals surface area contributed by atoms with Crippen LogP contribution in [-0.4, -0.2) is 16.1 Å². The van der Waals surface area contributed by atoms with Crippen LogP contribution in [0.15, 0.2) is 28.7 Å². The van der Waals surface area contributed by atoms with Crippen LogP contribution in [0.4, 0.5) is 0 Å². The Hall–Kier alpha value is -2.10. The zero-order valence-corrected chi connectivity index (χ0v) is 8.10. The Morgan fingerprint density at radius 3 is 3.07 bits per heavy atom. The van der Waals surface area contributed by atoms with E-state index >= 15 is 0 Å². The fourth-order valence-electron chi connectivity index (χ4n) is 1.26. The summed E-state index contributed by atoms with van der Waals surface area (Å²) in [4.78, 5) is 14.4. The first-order valence-corrected chi connectivity index (χ1v) is 4.43. The Morgan fingerprint density at radius 1 is 1.53 bits per heavy atom. The van der Waals surface area contributed by atoms with Gasteiger partial charge >= 0.3 is 5.97 Å². The Labute approximate surface area is 85.9 Å². The standard InChI is InChI=1S/C11H9NO3/c1-7-2-3-8-9(6-7)15-10(12-8)4-5-11(13)14/h2-6H,1H3,(H,13,14)/b5-4-. The average Bonchev–Trinajstić information content (AvgIpc) is 2.56. The Morgan fingerprint density at radius 2 is 2.33 bits per heavy atom. The van der Waals surface area contributed by atoms with E-state index in [4.69, 9.17) is 9.52 Å². The van der Waals surface area contributed by atoms with Gasteiger partial charge in [0.05, 0.1) is 0 Å². The van der Waals surface area contributed by atoms with E-state index in [1.165, 1.54) is 6.08 Å². The molecular weight excluding hydrogens is 194 g/mol. The van der Waals surface area contributed by atoms with Crippen molar-refractivity contribution >= 4 is 23.1 Å². The molecule has 0 aliphatic rings. The third kappa shape index (κ3) is 2.04. The van der Waals surface area contributed by atoms with E-state index in [0.29, 0.717) is 11.5 Å². The summed E-state index contributed by atoms with van der Waals surface area (Å²) in [7, 11) is 0. The van der Waals surface area contributed by atoms with Gasteiger partial charge in [0.1, 0.15) is 5.52 Å². The average molecular weight is 203 g/mol. The number of hydrogen-bond acceptors (Lipinski definition) is 3. The fourth-order valence-corrected chi connectivity index (χ4v) is 1.26. The maximum absolute atomic E-state index is 10.3. The first kappa shape index (κ1) is 9.45. The van der Waals surface area contributed by atoms with Gasteiger partial charge in [-0.05, 0) is 24.6 Å². The van der Waals surface area contributed by atoms with Crippen LogP contribution in [0.2, 0.25) is 0 Å². The van der Waals surface area contributed by atoms with Crippen molar-refractivity contribution in [1.82, 2.24) is 4.98 Å². The minimum Gasteiger partial charge on any atom is -0.478 e. The second kappa shape index (κ2) is 3.57. The van der Waals surface area contributed by atoms with Crippen molar-refractivity contribution < 1.29 is 14.3 Å². The van der Waals surface area contributed by atoms with Crippen molar-refractivity contribution in [3.8, 4) is 0 Å². The van der Waals surface area contributed by atoms with E-state index in [1.807, 2.05) is 25.1 Å². The molecule has 0 fully saturated rings. The highest BCUT2D eigenvalue weighted by Gasteiger charge is 2.02. The second-order valence-corrected chi connectivity index (χ2v) is 3.19. The van der Waals surface area contributed by atoms with E-state index < -0.39 is 5.97 Å². The van der Waals surface area contributed by atoms with Gasteiger partial charge in [0.2, 0.25) is 5.89 Å². The van der Waals surface area contributed by atoms with Crippen LogP contribution in [0.3, 0.4) is 0 Å². The molecule has 0 atom stereocenters. The number of rotatable bonds is 2. The largest absolute Gasteiger partial charge is 0.478 e. The third-order valence-electron chi connectivity index (χ3n) is 1.93. The minimum atomic E-state index is -1.02. The number of nitrogens with zero attached hydrogens (tertiary/aromatic N) is 1. The Bertz CT molecular complexity index is 540. The molecule has 2 rings (SSSR count). The van der Waals surface area contributed by atoms with Gasteiger partial charge in [0.25, 0.3) is 0 Å². The lowest BCUT2D eigenvalue weighted by Crippen LogP contribution is -1.85. The summed E-state index contributed by atoms with van der Waals surface area (Å²) < 4.78 is 5.34. The number of benzene rings is 1. The first-order chi connectivity index (χ1) is 7.15. The molecule has 0 radical (unpaired) electrons. The van der Waals surface area contributed by atoms with Crippen LogP contribution in [0.1, 0.15) is 11.5 Å². The molecule has 0 saturated carbocycles. The summed E-state index contributed by atoms with van der Waals surface area (Å²) in [5.41, 5.74) is 2.47. The number of aliphatic carboxylic acids is 1. The zero-order valence-electron chi connectivity index (χ0n) is 8.10. The summed E-state index contributed by atoms with van der Waals surface area (Å²) in [5, 5.41) is 8.44. The van der Waals surface area contributed by atoms with Crippen molar-refractivity contribution in [2.24, 2.45) is 0 Å². The monoisotopic (exact) mass is 203 g/mol. The summed E-state index contributed by atoms with van der Waals surface area (Å²) in [6, 6.07) is 5.63. The quantitative estimate of drug-likeness (QED) is 0.760. The van der Waals surface area contributed by atoms with Crippen molar-refractivity contribution in [2.45, 2.75) is 6.92 Å². The highest BCUT2D eigenvalue weighted by Crippen LogP contribution is 2.17. The van der Waals surface area contributed by atoms with Gasteiger partial charge in [0.15, 0.2) is 5.58 Å². The molecule has 1 aromatic carbocycles. The number of aryl methyl sites for hydroxylation is 1. The number of oxazole rings is 1. The molecule has 0 unspecified atom stereocenters. The number of carboxylic acid groups (broad SMARTS) is 1. The molecule has 4 heteroatoms. The molecule has 15 heavy (non-hydrogen) atoms. The maximum Gasteiger partial charge on any atom is 0.328 e. The van der Waals surface area contributed by atoms with Crippen molar-refractivity contribution in [3.63, 3.8) is 0 Å². The van der Waals surface area contributed by atoms with Gasteiger partial charge in [0, 0.05) is 12.2 Å². The molecule has 0 bridgehead atoms. The van der Waals surface area contributed by atoms with E-state index in [0.717, 1.165) is 17.2 Å². The van der Waals surface area contributed by atoms with Gasteiger partial charge in [-0.2, -0.15) is 0 Å². The van der Waals surface area contributed by atoms with Crippen LogP contribution < -0.4 is 0 Å². The number of hydrogen-bond donors (Lipinski definition) is 1. The topological polar surface area (TPSA) is 63.3 Å². The molecule has 0 aliphatic heterocycles. The summed E-state index contributed by atoms with van der Waals surface area (Å²) in [5.74, 6) is -0.716. The van der Waals surface area contributed by atoms with Gasteiger partial charge in [-0.1, -0.05) is 6.07 Å². The number of fused-ring (bicyclic) bond motifs is 1. The lowest BCUT2D eigenvalue weighted by Gasteiger charge is -1.87. The molecule has 0 aliphatic carbocycles. The van der Waals surface area contributed by atoms with Gasteiger partial charge in [-0.15, -0.1) is 0 Å². The van der Waals surface area contributed by atoms with Crippen LogP contribution in [0.25, 0.3) is 17.2 Å². The van der Waals surface area contributed by atoms with Gasteiger partial charge in [-0.3, -0.25) is 0 Å². The Kier molecular flexibility index (Phi) is 2.25. The molecular formula is C11H9NO3. The highest BCUT2D eigenvalue weighted by atomic mass is 16.4. The molecule has 1 heterocycles. The van der Waals surface area contributed by atoms with Crippen molar-refractivity contribution in [3.05, 3.63) is 35.7 Å². The highest BCUT2D eigenvalue weighted by molar-refractivity contribution is 5.85. The van der Waals surface area contributed by atoms with Crippen LogP contribution in [0, 0.1) is 6.92 Å². The molecule has 4 nitrogen and oxygen atoms in total. The second-order valence-electron chi connectivity index (χ2n) is 3.19. The van der Waals surface area contributed by atoms with E-state index in [-0.39, 0.29) is 0 Å². The van der Waals surface area contributed by atoms with Crippen molar-refractivity contribution in [1.29, 1.82) is 0 Å². The lowest BCUT2D eigenvalue weighted by atomic mass is 10.2. The maximum atomic E-state index is 10.3.